The Morgan fingerprint density at radius 1 is 1.36 bits per heavy atom. The highest BCUT2D eigenvalue weighted by atomic mass is 28.3. The van der Waals surface area contributed by atoms with Crippen molar-refractivity contribution in [2.45, 2.75) is 50.3 Å². The van der Waals surface area contributed by atoms with Gasteiger partial charge in [-0.2, -0.15) is 13.2 Å². The summed E-state index contributed by atoms with van der Waals surface area (Å²) in [7, 11) is -1.24. The molecule has 0 aromatic rings. The van der Waals surface area contributed by atoms with Gasteiger partial charge in [0.1, 0.15) is 6.61 Å². The summed E-state index contributed by atoms with van der Waals surface area (Å²) in [6.07, 6.45) is -2.50. The van der Waals surface area contributed by atoms with Crippen molar-refractivity contribution in [2.24, 2.45) is 0 Å². The number of rotatable bonds is 2. The zero-order chi connectivity index (χ0) is 10.8. The maximum Gasteiger partial charge on any atom is 0.411 e. The number of alkyl halides is 3. The lowest BCUT2D eigenvalue weighted by Gasteiger charge is -2.33. The molecule has 1 atom stereocenters. The minimum atomic E-state index is -4.18. The normalized spacial score (nSPS) is 27.6. The fourth-order valence-corrected chi connectivity index (χ4v) is 4.90. The molecular formula is C9H17F3OSi. The van der Waals surface area contributed by atoms with Gasteiger partial charge in [0.2, 0.25) is 0 Å². The molecule has 0 aromatic heterocycles. The largest absolute Gasteiger partial charge is 0.411 e. The second kappa shape index (κ2) is 4.22. The summed E-state index contributed by atoms with van der Waals surface area (Å²) in [4.78, 5) is 0. The van der Waals surface area contributed by atoms with Crippen LogP contribution >= 0.6 is 0 Å². The molecule has 1 aliphatic rings. The first-order valence-electron chi connectivity index (χ1n) is 4.97. The molecule has 1 nitrogen and oxygen atoms in total. The Morgan fingerprint density at radius 3 is 2.50 bits per heavy atom. The van der Waals surface area contributed by atoms with Gasteiger partial charge in [-0.1, -0.05) is 25.6 Å². The predicted octanol–water partition coefficient (Wildman–Crippen LogP) is 3.44. The average Bonchev–Trinajstić information content (AvgIpc) is 1.98. The molecule has 1 saturated heterocycles. The Morgan fingerprint density at radius 2 is 2.00 bits per heavy atom. The van der Waals surface area contributed by atoms with Crippen molar-refractivity contribution in [1.82, 2.24) is 0 Å². The van der Waals surface area contributed by atoms with E-state index in [0.717, 1.165) is 18.9 Å². The van der Waals surface area contributed by atoms with E-state index in [1.807, 2.05) is 0 Å². The smallest absolute Gasteiger partial charge is 0.369 e. The van der Waals surface area contributed by atoms with Gasteiger partial charge >= 0.3 is 6.18 Å². The molecule has 5 heteroatoms. The van der Waals surface area contributed by atoms with E-state index >= 15 is 0 Å². The molecule has 0 spiro atoms. The highest BCUT2D eigenvalue weighted by Gasteiger charge is 2.34. The molecule has 1 unspecified atom stereocenters. The highest BCUT2D eigenvalue weighted by Crippen LogP contribution is 2.31. The molecule has 0 aliphatic carbocycles. The van der Waals surface area contributed by atoms with E-state index < -0.39 is 20.9 Å². The third kappa shape index (κ3) is 4.46. The van der Waals surface area contributed by atoms with Crippen LogP contribution in [-0.4, -0.2) is 27.0 Å². The molecule has 0 N–H and O–H groups in total. The van der Waals surface area contributed by atoms with Crippen LogP contribution in [0.1, 0.15) is 12.8 Å². The maximum atomic E-state index is 11.9. The summed E-state index contributed by atoms with van der Waals surface area (Å²) < 4.78 is 40.6. The summed E-state index contributed by atoms with van der Waals surface area (Å²) in [6, 6.07) is 2.10. The zero-order valence-corrected chi connectivity index (χ0v) is 9.66. The van der Waals surface area contributed by atoms with Gasteiger partial charge in [0, 0.05) is 8.07 Å². The van der Waals surface area contributed by atoms with Gasteiger partial charge in [-0.3, -0.25) is 0 Å². The molecule has 1 rings (SSSR count). The van der Waals surface area contributed by atoms with Gasteiger partial charge in [0.15, 0.2) is 0 Å². The van der Waals surface area contributed by atoms with E-state index in [1.165, 1.54) is 6.04 Å². The molecule has 84 valence electrons. The predicted molar refractivity (Wildman–Crippen MR) is 52.1 cm³/mol. The Labute approximate surface area is 83.6 Å². The van der Waals surface area contributed by atoms with Gasteiger partial charge in [-0.05, 0) is 12.5 Å². The van der Waals surface area contributed by atoms with Crippen molar-refractivity contribution in [3.05, 3.63) is 0 Å². The summed E-state index contributed by atoms with van der Waals surface area (Å²) in [5.41, 5.74) is 0. The van der Waals surface area contributed by atoms with Crippen LogP contribution in [0.3, 0.4) is 0 Å². The molecule has 1 heterocycles. The minimum absolute atomic E-state index is 0.146. The first kappa shape index (κ1) is 12.0. The van der Waals surface area contributed by atoms with Crippen LogP contribution in [0.4, 0.5) is 13.2 Å². The topological polar surface area (TPSA) is 9.23 Å². The fraction of sp³-hybridized carbons (Fsp3) is 1.00. The van der Waals surface area contributed by atoms with Crippen LogP contribution in [0.2, 0.25) is 25.2 Å². The van der Waals surface area contributed by atoms with Crippen molar-refractivity contribution in [3.63, 3.8) is 0 Å². The Bertz CT molecular complexity index is 191. The summed E-state index contributed by atoms with van der Waals surface area (Å²) in [5, 5.41) is 0. The number of hydrogen-bond donors (Lipinski definition) is 0. The van der Waals surface area contributed by atoms with E-state index in [9.17, 15) is 13.2 Å². The second-order valence-corrected chi connectivity index (χ2v) is 10.0. The molecule has 1 fully saturated rings. The lowest BCUT2D eigenvalue weighted by Crippen LogP contribution is -2.37. The molecule has 0 bridgehead atoms. The van der Waals surface area contributed by atoms with E-state index in [4.69, 9.17) is 4.74 Å². The van der Waals surface area contributed by atoms with E-state index in [-0.39, 0.29) is 6.10 Å². The third-order valence-corrected chi connectivity index (χ3v) is 5.91. The monoisotopic (exact) mass is 226 g/mol. The van der Waals surface area contributed by atoms with E-state index in [1.54, 1.807) is 0 Å². The van der Waals surface area contributed by atoms with Gasteiger partial charge < -0.3 is 4.74 Å². The number of ether oxygens (including phenoxy) is 1. The van der Waals surface area contributed by atoms with Gasteiger partial charge in [-0.15, -0.1) is 0 Å². The molecule has 0 saturated carbocycles. The Kier molecular flexibility index (Phi) is 3.63. The van der Waals surface area contributed by atoms with Crippen LogP contribution in [0.25, 0.3) is 0 Å². The first-order chi connectivity index (χ1) is 6.29. The molecule has 0 amide bonds. The molecule has 14 heavy (non-hydrogen) atoms. The van der Waals surface area contributed by atoms with Crippen molar-refractivity contribution in [2.75, 3.05) is 6.61 Å². The van der Waals surface area contributed by atoms with Crippen LogP contribution in [-0.2, 0) is 4.74 Å². The van der Waals surface area contributed by atoms with Gasteiger partial charge in [-0.25, -0.2) is 0 Å². The minimum Gasteiger partial charge on any atom is -0.369 e. The summed E-state index contributed by atoms with van der Waals surface area (Å²) in [5.74, 6) is 0. The first-order valence-corrected chi connectivity index (χ1v) is 8.38. The average molecular weight is 226 g/mol. The lowest BCUT2D eigenvalue weighted by molar-refractivity contribution is -0.184. The van der Waals surface area contributed by atoms with Crippen LogP contribution < -0.4 is 0 Å². The van der Waals surface area contributed by atoms with Crippen molar-refractivity contribution in [3.8, 4) is 0 Å². The van der Waals surface area contributed by atoms with Crippen LogP contribution in [0, 0.1) is 0 Å². The maximum absolute atomic E-state index is 11.9. The quantitative estimate of drug-likeness (QED) is 0.655. The van der Waals surface area contributed by atoms with E-state index in [2.05, 4.69) is 13.1 Å². The fourth-order valence-electron chi connectivity index (χ4n) is 1.98. The van der Waals surface area contributed by atoms with Crippen molar-refractivity contribution >= 4 is 8.07 Å². The van der Waals surface area contributed by atoms with Crippen LogP contribution in [0.15, 0.2) is 0 Å². The van der Waals surface area contributed by atoms with E-state index in [0.29, 0.717) is 0 Å². The number of hydrogen-bond acceptors (Lipinski definition) is 1. The molecule has 0 radical (unpaired) electrons. The summed E-state index contributed by atoms with van der Waals surface area (Å²) in [6.45, 7) is 3.36. The van der Waals surface area contributed by atoms with Crippen molar-refractivity contribution < 1.29 is 17.9 Å². The second-order valence-electron chi connectivity index (χ2n) is 4.81. The number of halogens is 3. The third-order valence-electron chi connectivity index (χ3n) is 2.64. The Hall–Kier alpha value is -0.0331. The molecule has 0 aromatic carbocycles. The lowest BCUT2D eigenvalue weighted by atomic mass is 10.2. The highest BCUT2D eigenvalue weighted by molar-refractivity contribution is 6.77. The molecule has 1 aliphatic heterocycles. The SMILES string of the molecule is C[Si]1(C)CCCC(OCC(F)(F)F)C1. The van der Waals surface area contributed by atoms with Crippen molar-refractivity contribution in [1.29, 1.82) is 0 Å². The summed E-state index contributed by atoms with van der Waals surface area (Å²) >= 11 is 0. The zero-order valence-electron chi connectivity index (χ0n) is 8.66. The van der Waals surface area contributed by atoms with Crippen LogP contribution in [0.5, 0.6) is 0 Å². The molecular weight excluding hydrogens is 209 g/mol. The van der Waals surface area contributed by atoms with Gasteiger partial charge in [0.05, 0.1) is 6.10 Å². The van der Waals surface area contributed by atoms with Gasteiger partial charge in [0.25, 0.3) is 0 Å². The Balaban J connectivity index is 2.32. The standard InChI is InChI=1S/C9H17F3OSi/c1-14(2)5-3-4-8(6-14)13-7-9(10,11)12/h8H,3-7H2,1-2H3.